The Morgan fingerprint density at radius 3 is 2.45 bits per heavy atom. The summed E-state index contributed by atoms with van der Waals surface area (Å²) in [4.78, 5) is 12.7. The second-order valence-corrected chi connectivity index (χ2v) is 3.14. The van der Waals surface area contributed by atoms with Crippen LogP contribution in [0.1, 0.15) is 20.3 Å². The molecule has 0 aliphatic heterocycles. The van der Waals surface area contributed by atoms with Crippen molar-refractivity contribution in [2.24, 2.45) is 5.92 Å². The van der Waals surface area contributed by atoms with Crippen LogP contribution >= 0.6 is 0 Å². The summed E-state index contributed by atoms with van der Waals surface area (Å²) in [7, 11) is 1.71. The first-order chi connectivity index (χ1) is 5.07. The Bertz CT molecular complexity index is 123. The van der Waals surface area contributed by atoms with Crippen molar-refractivity contribution in [2.75, 3.05) is 20.2 Å². The third-order valence-electron chi connectivity index (χ3n) is 1.44. The van der Waals surface area contributed by atoms with E-state index in [0.29, 0.717) is 18.9 Å². The summed E-state index contributed by atoms with van der Waals surface area (Å²) in [5.74, 6) is 0.498. The number of hydrogen-bond acceptors (Lipinski definition) is 2. The van der Waals surface area contributed by atoms with E-state index in [-0.39, 0.29) is 12.5 Å². The molecule has 1 amide bonds. The summed E-state index contributed by atoms with van der Waals surface area (Å²) in [5.41, 5.74) is 0. The van der Waals surface area contributed by atoms with Crippen LogP contribution in [0.15, 0.2) is 0 Å². The smallest absolute Gasteiger partial charge is 0.222 e. The van der Waals surface area contributed by atoms with Crippen LogP contribution in [0.2, 0.25) is 0 Å². The number of nitrogens with zero attached hydrogens (tertiary/aromatic N) is 1. The lowest BCUT2D eigenvalue weighted by atomic mass is 10.1. The molecule has 66 valence electrons. The first kappa shape index (κ1) is 10.4. The Kier molecular flexibility index (Phi) is 4.86. The van der Waals surface area contributed by atoms with Crippen molar-refractivity contribution in [2.45, 2.75) is 20.3 Å². The Morgan fingerprint density at radius 1 is 1.55 bits per heavy atom. The second-order valence-electron chi connectivity index (χ2n) is 3.14. The van der Waals surface area contributed by atoms with E-state index in [1.54, 1.807) is 11.9 Å². The van der Waals surface area contributed by atoms with E-state index >= 15 is 0 Å². The van der Waals surface area contributed by atoms with Crippen LogP contribution in [0, 0.1) is 5.92 Å². The predicted octanol–water partition coefficient (Wildman–Crippen LogP) is 0.483. The van der Waals surface area contributed by atoms with Gasteiger partial charge in [-0.25, -0.2) is 0 Å². The SMILES string of the molecule is CC(C)CC(=O)N(C)CCO. The molecule has 0 saturated carbocycles. The molecule has 0 aromatic heterocycles. The monoisotopic (exact) mass is 159 g/mol. The van der Waals surface area contributed by atoms with E-state index in [2.05, 4.69) is 0 Å². The van der Waals surface area contributed by atoms with Crippen LogP contribution < -0.4 is 0 Å². The normalized spacial score (nSPS) is 10.3. The van der Waals surface area contributed by atoms with E-state index in [9.17, 15) is 4.79 Å². The molecule has 0 unspecified atom stereocenters. The molecule has 0 bridgehead atoms. The second kappa shape index (κ2) is 5.13. The lowest BCUT2D eigenvalue weighted by Gasteiger charge is -2.16. The van der Waals surface area contributed by atoms with Crippen molar-refractivity contribution >= 4 is 5.91 Å². The van der Waals surface area contributed by atoms with Crippen molar-refractivity contribution in [1.29, 1.82) is 0 Å². The number of hydrogen-bond donors (Lipinski definition) is 1. The van der Waals surface area contributed by atoms with Crippen LogP contribution in [0.5, 0.6) is 0 Å². The zero-order valence-corrected chi connectivity index (χ0v) is 7.50. The highest BCUT2D eigenvalue weighted by Gasteiger charge is 2.08. The van der Waals surface area contributed by atoms with Crippen LogP contribution in [-0.4, -0.2) is 36.1 Å². The molecule has 0 atom stereocenters. The number of likely N-dealkylation sites (N-methyl/N-ethyl adjacent to an activating group) is 1. The number of amides is 1. The number of carbonyl (C=O) groups is 1. The van der Waals surface area contributed by atoms with Gasteiger partial charge in [-0.05, 0) is 5.92 Å². The minimum atomic E-state index is 0.0420. The number of aliphatic hydroxyl groups is 1. The third kappa shape index (κ3) is 4.79. The van der Waals surface area contributed by atoms with Gasteiger partial charge in [0.1, 0.15) is 0 Å². The van der Waals surface area contributed by atoms with Crippen LogP contribution in [0.3, 0.4) is 0 Å². The Hall–Kier alpha value is -0.570. The molecule has 0 aliphatic carbocycles. The molecule has 0 radical (unpaired) electrons. The predicted molar refractivity (Wildman–Crippen MR) is 44.2 cm³/mol. The van der Waals surface area contributed by atoms with Gasteiger partial charge in [-0.3, -0.25) is 4.79 Å². The molecule has 0 aromatic rings. The van der Waals surface area contributed by atoms with Gasteiger partial charge < -0.3 is 10.0 Å². The van der Waals surface area contributed by atoms with Gasteiger partial charge in [0.15, 0.2) is 0 Å². The molecular formula is C8H17NO2. The van der Waals surface area contributed by atoms with Crippen LogP contribution in [-0.2, 0) is 4.79 Å². The number of carbonyl (C=O) groups excluding carboxylic acids is 1. The van der Waals surface area contributed by atoms with E-state index in [1.165, 1.54) is 0 Å². The maximum atomic E-state index is 11.2. The van der Waals surface area contributed by atoms with Gasteiger partial charge in [-0.15, -0.1) is 0 Å². The van der Waals surface area contributed by atoms with Crippen molar-refractivity contribution in [1.82, 2.24) is 4.90 Å². The minimum Gasteiger partial charge on any atom is -0.395 e. The standard InChI is InChI=1S/C8H17NO2/c1-7(2)6-8(11)9(3)4-5-10/h7,10H,4-6H2,1-3H3. The van der Waals surface area contributed by atoms with Crippen molar-refractivity contribution in [3.8, 4) is 0 Å². The molecule has 0 rings (SSSR count). The third-order valence-corrected chi connectivity index (χ3v) is 1.44. The molecule has 0 aromatic carbocycles. The Labute approximate surface area is 68.0 Å². The maximum Gasteiger partial charge on any atom is 0.222 e. The first-order valence-corrected chi connectivity index (χ1v) is 3.92. The molecule has 0 heterocycles. The fraction of sp³-hybridized carbons (Fsp3) is 0.875. The molecule has 0 saturated heterocycles. The van der Waals surface area contributed by atoms with Crippen molar-refractivity contribution in [3.63, 3.8) is 0 Å². The summed E-state index contributed by atoms with van der Waals surface area (Å²) in [6, 6.07) is 0. The summed E-state index contributed by atoms with van der Waals surface area (Å²) in [6.45, 7) is 4.49. The number of rotatable bonds is 4. The minimum absolute atomic E-state index is 0.0420. The van der Waals surface area contributed by atoms with E-state index in [4.69, 9.17) is 5.11 Å². The van der Waals surface area contributed by atoms with E-state index in [1.807, 2.05) is 13.8 Å². The summed E-state index contributed by atoms with van der Waals surface area (Å²) in [5, 5.41) is 8.53. The molecule has 0 aliphatic rings. The van der Waals surface area contributed by atoms with Crippen LogP contribution in [0.4, 0.5) is 0 Å². The summed E-state index contributed by atoms with van der Waals surface area (Å²) >= 11 is 0. The summed E-state index contributed by atoms with van der Waals surface area (Å²) in [6.07, 6.45) is 0.566. The molecule has 0 fully saturated rings. The fourth-order valence-electron chi connectivity index (χ4n) is 0.780. The highest BCUT2D eigenvalue weighted by atomic mass is 16.3. The molecule has 0 spiro atoms. The van der Waals surface area contributed by atoms with Crippen LogP contribution in [0.25, 0.3) is 0 Å². The molecule has 1 N–H and O–H groups in total. The molecule has 3 heteroatoms. The molecule has 3 nitrogen and oxygen atoms in total. The topological polar surface area (TPSA) is 40.5 Å². The summed E-state index contributed by atoms with van der Waals surface area (Å²) < 4.78 is 0. The lowest BCUT2D eigenvalue weighted by Crippen LogP contribution is -2.30. The average molecular weight is 159 g/mol. The lowest BCUT2D eigenvalue weighted by molar-refractivity contribution is -0.131. The quantitative estimate of drug-likeness (QED) is 0.648. The zero-order valence-electron chi connectivity index (χ0n) is 7.50. The van der Waals surface area contributed by atoms with Gasteiger partial charge in [0, 0.05) is 20.0 Å². The van der Waals surface area contributed by atoms with Gasteiger partial charge in [-0.1, -0.05) is 13.8 Å². The van der Waals surface area contributed by atoms with Gasteiger partial charge in [0.05, 0.1) is 6.61 Å². The number of aliphatic hydroxyl groups excluding tert-OH is 1. The van der Waals surface area contributed by atoms with Gasteiger partial charge >= 0.3 is 0 Å². The first-order valence-electron chi connectivity index (χ1n) is 3.92. The van der Waals surface area contributed by atoms with Crippen molar-refractivity contribution < 1.29 is 9.90 Å². The highest BCUT2D eigenvalue weighted by Crippen LogP contribution is 2.01. The van der Waals surface area contributed by atoms with E-state index < -0.39 is 0 Å². The molecular weight excluding hydrogens is 142 g/mol. The van der Waals surface area contributed by atoms with Gasteiger partial charge in [-0.2, -0.15) is 0 Å². The Balaban J connectivity index is 3.64. The highest BCUT2D eigenvalue weighted by molar-refractivity contribution is 5.75. The average Bonchev–Trinajstić information content (AvgIpc) is 1.86. The fourth-order valence-corrected chi connectivity index (χ4v) is 0.780. The molecule has 11 heavy (non-hydrogen) atoms. The van der Waals surface area contributed by atoms with Crippen molar-refractivity contribution in [3.05, 3.63) is 0 Å². The Morgan fingerprint density at radius 2 is 2.09 bits per heavy atom. The van der Waals surface area contributed by atoms with Gasteiger partial charge in [0.2, 0.25) is 5.91 Å². The van der Waals surface area contributed by atoms with Gasteiger partial charge in [0.25, 0.3) is 0 Å². The maximum absolute atomic E-state index is 11.2. The zero-order chi connectivity index (χ0) is 8.85. The largest absolute Gasteiger partial charge is 0.395 e. The van der Waals surface area contributed by atoms with E-state index in [0.717, 1.165) is 0 Å².